The van der Waals surface area contributed by atoms with Crippen molar-refractivity contribution in [1.29, 1.82) is 0 Å². The van der Waals surface area contributed by atoms with Crippen molar-refractivity contribution >= 4 is 11.9 Å². The minimum atomic E-state index is -1.20. The van der Waals surface area contributed by atoms with E-state index in [1.165, 1.54) is 11.3 Å². The van der Waals surface area contributed by atoms with Crippen molar-refractivity contribution in [1.82, 2.24) is 4.90 Å². The summed E-state index contributed by atoms with van der Waals surface area (Å²) in [6, 6.07) is -0.974. The lowest BCUT2D eigenvalue weighted by Gasteiger charge is -2.37. The van der Waals surface area contributed by atoms with Gasteiger partial charge in [-0.1, -0.05) is 13.3 Å². The minimum absolute atomic E-state index is 0.0528. The highest BCUT2D eigenvalue weighted by Crippen LogP contribution is 2.56. The second-order valence-corrected chi connectivity index (χ2v) is 6.64. The zero-order chi connectivity index (χ0) is 13.8. The monoisotopic (exact) mass is 269 g/mol. The largest absolute Gasteiger partial charge is 0.480 e. The maximum atomic E-state index is 13.5. The number of hydrogen-bond donors (Lipinski definition) is 1. The van der Waals surface area contributed by atoms with Crippen molar-refractivity contribution < 1.29 is 19.1 Å². The Kier molecular flexibility index (Phi) is 2.84. The summed E-state index contributed by atoms with van der Waals surface area (Å²) in [5.74, 6) is -0.253. The number of carboxylic acid groups (broad SMARTS) is 1. The van der Waals surface area contributed by atoms with Crippen molar-refractivity contribution in [3.8, 4) is 0 Å². The molecule has 2 bridgehead atoms. The summed E-state index contributed by atoms with van der Waals surface area (Å²) in [5, 5.41) is 9.15. The third-order valence-corrected chi connectivity index (χ3v) is 5.44. The predicted molar refractivity (Wildman–Crippen MR) is 66.2 cm³/mol. The summed E-state index contributed by atoms with van der Waals surface area (Å²) in [6.45, 7) is 1.90. The zero-order valence-electron chi connectivity index (χ0n) is 11.1. The van der Waals surface area contributed by atoms with Gasteiger partial charge in [-0.05, 0) is 31.1 Å². The van der Waals surface area contributed by atoms with Crippen molar-refractivity contribution in [3.05, 3.63) is 0 Å². The van der Waals surface area contributed by atoms with E-state index >= 15 is 0 Å². The number of hydrogen-bond acceptors (Lipinski definition) is 2. The first-order valence-electron chi connectivity index (χ1n) is 7.09. The van der Waals surface area contributed by atoms with Crippen LogP contribution in [0.15, 0.2) is 0 Å². The molecule has 5 heteroatoms. The van der Waals surface area contributed by atoms with Gasteiger partial charge in [0.2, 0.25) is 5.91 Å². The van der Waals surface area contributed by atoms with E-state index < -0.39 is 23.6 Å². The summed E-state index contributed by atoms with van der Waals surface area (Å²) >= 11 is 0. The fraction of sp³-hybridized carbons (Fsp3) is 0.857. The number of fused-ring (bicyclic) bond motifs is 2. The summed E-state index contributed by atoms with van der Waals surface area (Å²) < 4.78 is 13.5. The lowest BCUT2D eigenvalue weighted by Crippen LogP contribution is -2.49. The van der Waals surface area contributed by atoms with Crippen molar-refractivity contribution in [2.45, 2.75) is 51.2 Å². The van der Waals surface area contributed by atoms with Crippen LogP contribution in [0.25, 0.3) is 0 Å². The van der Waals surface area contributed by atoms with E-state index in [9.17, 15) is 14.0 Å². The van der Waals surface area contributed by atoms with Gasteiger partial charge >= 0.3 is 5.97 Å². The van der Waals surface area contributed by atoms with Crippen LogP contribution in [-0.2, 0) is 9.59 Å². The molecule has 106 valence electrons. The first-order valence-corrected chi connectivity index (χ1v) is 7.09. The Labute approximate surface area is 112 Å². The lowest BCUT2D eigenvalue weighted by molar-refractivity contribution is -0.154. The van der Waals surface area contributed by atoms with Gasteiger partial charge in [0.05, 0.1) is 6.54 Å². The van der Waals surface area contributed by atoms with Gasteiger partial charge < -0.3 is 10.0 Å². The van der Waals surface area contributed by atoms with Gasteiger partial charge in [-0.15, -0.1) is 0 Å². The molecule has 3 fully saturated rings. The molecule has 0 aromatic heterocycles. The summed E-state index contributed by atoms with van der Waals surface area (Å²) in [5.41, 5.74) is -0.458. The number of amides is 1. The number of alkyl halides is 1. The smallest absolute Gasteiger partial charge is 0.326 e. The van der Waals surface area contributed by atoms with E-state index in [4.69, 9.17) is 5.11 Å². The quantitative estimate of drug-likeness (QED) is 0.832. The van der Waals surface area contributed by atoms with E-state index in [0.717, 1.165) is 19.3 Å². The Hall–Kier alpha value is -1.13. The Bertz CT molecular complexity index is 427. The Balaban J connectivity index is 1.82. The highest BCUT2D eigenvalue weighted by atomic mass is 19.1. The molecule has 1 aliphatic heterocycles. The van der Waals surface area contributed by atoms with Crippen molar-refractivity contribution in [2.24, 2.45) is 17.3 Å². The third kappa shape index (κ3) is 1.85. The van der Waals surface area contributed by atoms with Crippen LogP contribution >= 0.6 is 0 Å². The molecule has 1 amide bonds. The van der Waals surface area contributed by atoms with Crippen molar-refractivity contribution in [2.75, 3.05) is 6.54 Å². The SMILES string of the molecule is CC1(C(=O)N2C[C@H](F)C[C@H]2C(=O)O)CC2CCC1C2. The van der Waals surface area contributed by atoms with Gasteiger partial charge in [0, 0.05) is 11.8 Å². The predicted octanol–water partition coefficient (Wildman–Crippen LogP) is 1.84. The topological polar surface area (TPSA) is 57.6 Å². The molecule has 3 aliphatic rings. The van der Waals surface area contributed by atoms with Crippen LogP contribution in [0, 0.1) is 17.3 Å². The fourth-order valence-corrected chi connectivity index (χ4v) is 4.44. The van der Waals surface area contributed by atoms with E-state index in [1.807, 2.05) is 6.92 Å². The van der Waals surface area contributed by atoms with Crippen LogP contribution in [0.3, 0.4) is 0 Å². The molecular weight excluding hydrogens is 249 g/mol. The molecule has 0 spiro atoms. The second kappa shape index (κ2) is 4.18. The highest BCUT2D eigenvalue weighted by molar-refractivity contribution is 5.88. The fourth-order valence-electron chi connectivity index (χ4n) is 4.44. The van der Waals surface area contributed by atoms with E-state index in [0.29, 0.717) is 11.8 Å². The van der Waals surface area contributed by atoms with Gasteiger partial charge in [0.1, 0.15) is 12.2 Å². The number of rotatable bonds is 2. The van der Waals surface area contributed by atoms with Crippen LogP contribution < -0.4 is 0 Å². The Morgan fingerprint density at radius 2 is 2.05 bits per heavy atom. The number of carbonyl (C=O) groups is 2. The van der Waals surface area contributed by atoms with Gasteiger partial charge in [0.25, 0.3) is 0 Å². The van der Waals surface area contributed by atoms with Gasteiger partial charge in [-0.3, -0.25) is 4.79 Å². The second-order valence-electron chi connectivity index (χ2n) is 6.64. The highest BCUT2D eigenvalue weighted by Gasteiger charge is 2.55. The number of halogens is 1. The zero-order valence-corrected chi connectivity index (χ0v) is 11.1. The van der Waals surface area contributed by atoms with Crippen LogP contribution in [0.1, 0.15) is 39.0 Å². The van der Waals surface area contributed by atoms with Gasteiger partial charge in [-0.25, -0.2) is 9.18 Å². The van der Waals surface area contributed by atoms with Crippen LogP contribution in [0.2, 0.25) is 0 Å². The van der Waals surface area contributed by atoms with E-state index in [1.54, 1.807) is 0 Å². The van der Waals surface area contributed by atoms with Crippen LogP contribution in [-0.4, -0.2) is 40.6 Å². The van der Waals surface area contributed by atoms with Crippen LogP contribution in [0.4, 0.5) is 4.39 Å². The Morgan fingerprint density at radius 1 is 1.32 bits per heavy atom. The first-order chi connectivity index (χ1) is 8.91. The van der Waals surface area contributed by atoms with Crippen molar-refractivity contribution in [3.63, 3.8) is 0 Å². The average molecular weight is 269 g/mol. The molecule has 1 N–H and O–H groups in total. The molecule has 1 saturated heterocycles. The number of aliphatic carboxylic acids is 1. The summed E-state index contributed by atoms with van der Waals surface area (Å²) in [6.07, 6.45) is 2.89. The van der Waals surface area contributed by atoms with E-state index in [2.05, 4.69) is 0 Å². The molecule has 2 saturated carbocycles. The number of carboxylic acids is 1. The molecule has 4 nitrogen and oxygen atoms in total. The molecule has 1 heterocycles. The van der Waals surface area contributed by atoms with Crippen LogP contribution in [0.5, 0.6) is 0 Å². The average Bonchev–Trinajstić information content (AvgIpc) is 3.01. The lowest BCUT2D eigenvalue weighted by atomic mass is 9.73. The molecular formula is C14H20FNO3. The molecule has 5 atom stereocenters. The minimum Gasteiger partial charge on any atom is -0.480 e. The Morgan fingerprint density at radius 3 is 2.58 bits per heavy atom. The van der Waals surface area contributed by atoms with Gasteiger partial charge in [-0.2, -0.15) is 0 Å². The molecule has 2 aliphatic carbocycles. The molecule has 0 aromatic carbocycles. The summed E-state index contributed by atoms with van der Waals surface area (Å²) in [7, 11) is 0. The number of carbonyl (C=O) groups excluding carboxylic acids is 1. The molecule has 19 heavy (non-hydrogen) atoms. The molecule has 3 unspecified atom stereocenters. The molecule has 0 aromatic rings. The normalized spacial score (nSPS) is 44.8. The first kappa shape index (κ1) is 12.9. The third-order valence-electron chi connectivity index (χ3n) is 5.44. The number of likely N-dealkylation sites (tertiary alicyclic amines) is 1. The summed E-state index contributed by atoms with van der Waals surface area (Å²) in [4.78, 5) is 25.2. The molecule has 0 radical (unpaired) electrons. The molecule has 3 rings (SSSR count). The maximum absolute atomic E-state index is 13.5. The number of nitrogens with zero attached hydrogens (tertiary/aromatic N) is 1. The maximum Gasteiger partial charge on any atom is 0.326 e. The standard InChI is InChI=1S/C14H20FNO3/c1-14(6-8-2-3-9(14)4-8)13(19)16-7-10(15)5-11(16)12(17)18/h8-11H,2-7H2,1H3,(H,17,18)/t8?,9?,10-,11+,14?/m1/s1. The van der Waals surface area contributed by atoms with E-state index in [-0.39, 0.29) is 18.9 Å². The van der Waals surface area contributed by atoms with Gasteiger partial charge in [0.15, 0.2) is 0 Å².